The van der Waals surface area contributed by atoms with Crippen molar-refractivity contribution in [2.75, 3.05) is 7.11 Å². The van der Waals surface area contributed by atoms with Gasteiger partial charge in [-0.25, -0.2) is 0 Å². The molecule has 1 aliphatic carbocycles. The second-order valence-corrected chi connectivity index (χ2v) is 5.24. The monoisotopic (exact) mass is 214 g/mol. The maximum Gasteiger partial charge on any atom is 0.0905 e. The van der Waals surface area contributed by atoms with Crippen LogP contribution in [0.4, 0.5) is 0 Å². The molecule has 0 aromatic heterocycles. The van der Waals surface area contributed by atoms with Crippen LogP contribution in [0.2, 0.25) is 0 Å². The van der Waals surface area contributed by atoms with E-state index in [1.807, 2.05) is 13.8 Å². The van der Waals surface area contributed by atoms with Gasteiger partial charge in [-0.2, -0.15) is 0 Å². The highest BCUT2D eigenvalue weighted by Gasteiger charge is 2.39. The molecule has 1 fully saturated rings. The number of methoxy groups -OCH3 is 1. The molecule has 0 bridgehead atoms. The van der Waals surface area contributed by atoms with Crippen molar-refractivity contribution in [2.24, 2.45) is 11.8 Å². The summed E-state index contributed by atoms with van der Waals surface area (Å²) >= 11 is 0. The molecule has 0 aliphatic heterocycles. The lowest BCUT2D eigenvalue weighted by atomic mass is 9.71. The summed E-state index contributed by atoms with van der Waals surface area (Å²) in [6, 6.07) is 0. The first kappa shape index (κ1) is 13.0. The predicted molar refractivity (Wildman–Crippen MR) is 62.8 cm³/mol. The standard InChI is InChI=1S/C13H26O2/c1-5-11-7-6-8-12(9-11)13(3,14)10(2)15-4/h10-12,14H,5-9H2,1-4H3. The first-order chi connectivity index (χ1) is 7.02. The molecule has 1 saturated carbocycles. The van der Waals surface area contributed by atoms with Gasteiger partial charge in [0.1, 0.15) is 0 Å². The van der Waals surface area contributed by atoms with Crippen molar-refractivity contribution in [1.29, 1.82) is 0 Å². The fraction of sp³-hybridized carbons (Fsp3) is 1.00. The van der Waals surface area contributed by atoms with E-state index < -0.39 is 5.60 Å². The average Bonchev–Trinajstić information content (AvgIpc) is 2.27. The third-order valence-electron chi connectivity index (χ3n) is 4.36. The van der Waals surface area contributed by atoms with Gasteiger partial charge in [0.25, 0.3) is 0 Å². The van der Waals surface area contributed by atoms with E-state index in [0.29, 0.717) is 5.92 Å². The van der Waals surface area contributed by atoms with Gasteiger partial charge in [0.15, 0.2) is 0 Å². The number of hydrogen-bond donors (Lipinski definition) is 1. The van der Waals surface area contributed by atoms with Crippen molar-refractivity contribution in [1.82, 2.24) is 0 Å². The molecule has 0 radical (unpaired) electrons. The van der Waals surface area contributed by atoms with E-state index >= 15 is 0 Å². The summed E-state index contributed by atoms with van der Waals surface area (Å²) in [6.07, 6.45) is 6.08. The van der Waals surface area contributed by atoms with Crippen LogP contribution in [-0.4, -0.2) is 23.9 Å². The third kappa shape index (κ3) is 2.94. The Bertz CT molecular complexity index is 189. The second kappa shape index (κ2) is 5.31. The molecule has 1 aliphatic rings. The summed E-state index contributed by atoms with van der Waals surface area (Å²) in [6.45, 7) is 6.15. The van der Waals surface area contributed by atoms with Crippen molar-refractivity contribution in [3.8, 4) is 0 Å². The average molecular weight is 214 g/mol. The molecule has 4 atom stereocenters. The minimum absolute atomic E-state index is 0.0712. The maximum atomic E-state index is 10.5. The van der Waals surface area contributed by atoms with Gasteiger partial charge in [-0.1, -0.05) is 26.2 Å². The van der Waals surface area contributed by atoms with Crippen molar-refractivity contribution in [3.63, 3.8) is 0 Å². The Balaban J connectivity index is 2.61. The lowest BCUT2D eigenvalue weighted by molar-refractivity contribution is -0.120. The van der Waals surface area contributed by atoms with Crippen LogP contribution in [0, 0.1) is 11.8 Å². The first-order valence-corrected chi connectivity index (χ1v) is 6.27. The molecule has 2 nitrogen and oxygen atoms in total. The summed E-state index contributed by atoms with van der Waals surface area (Å²) in [4.78, 5) is 0. The van der Waals surface area contributed by atoms with Gasteiger partial charge in [-0.3, -0.25) is 0 Å². The van der Waals surface area contributed by atoms with Crippen LogP contribution >= 0.6 is 0 Å². The van der Waals surface area contributed by atoms with Gasteiger partial charge in [0.2, 0.25) is 0 Å². The van der Waals surface area contributed by atoms with Crippen molar-refractivity contribution < 1.29 is 9.84 Å². The third-order valence-corrected chi connectivity index (χ3v) is 4.36. The van der Waals surface area contributed by atoms with E-state index in [9.17, 15) is 5.11 Å². The molecular formula is C13H26O2. The quantitative estimate of drug-likeness (QED) is 0.779. The predicted octanol–water partition coefficient (Wildman–Crippen LogP) is 2.99. The van der Waals surface area contributed by atoms with E-state index in [1.54, 1.807) is 7.11 Å². The summed E-state index contributed by atoms with van der Waals surface area (Å²) in [5.74, 6) is 1.21. The van der Waals surface area contributed by atoms with Gasteiger partial charge in [0.05, 0.1) is 11.7 Å². The highest BCUT2D eigenvalue weighted by atomic mass is 16.5. The lowest BCUT2D eigenvalue weighted by Crippen LogP contribution is -2.47. The SMILES string of the molecule is CCC1CCCC(C(C)(O)C(C)OC)C1. The minimum Gasteiger partial charge on any atom is -0.387 e. The van der Waals surface area contributed by atoms with Gasteiger partial charge >= 0.3 is 0 Å². The second-order valence-electron chi connectivity index (χ2n) is 5.24. The Morgan fingerprint density at radius 2 is 2.13 bits per heavy atom. The van der Waals surface area contributed by atoms with Crippen LogP contribution in [0.1, 0.15) is 52.9 Å². The summed E-state index contributed by atoms with van der Waals surface area (Å²) in [5, 5.41) is 10.5. The molecule has 0 spiro atoms. The topological polar surface area (TPSA) is 29.5 Å². The zero-order valence-corrected chi connectivity index (χ0v) is 10.6. The van der Waals surface area contributed by atoms with Crippen LogP contribution in [0.5, 0.6) is 0 Å². The lowest BCUT2D eigenvalue weighted by Gasteiger charge is -2.41. The molecule has 0 amide bonds. The van der Waals surface area contributed by atoms with Crippen molar-refractivity contribution >= 4 is 0 Å². The molecule has 1 N–H and O–H groups in total. The first-order valence-electron chi connectivity index (χ1n) is 6.27. The Morgan fingerprint density at radius 1 is 1.47 bits per heavy atom. The number of rotatable bonds is 4. The van der Waals surface area contributed by atoms with Gasteiger partial charge in [0, 0.05) is 7.11 Å². The number of ether oxygens (including phenoxy) is 1. The molecule has 15 heavy (non-hydrogen) atoms. The molecular weight excluding hydrogens is 188 g/mol. The van der Waals surface area contributed by atoms with Gasteiger partial charge in [-0.05, 0) is 38.5 Å². The molecule has 1 rings (SSSR count). The summed E-state index contributed by atoms with van der Waals surface area (Å²) < 4.78 is 5.29. The van der Waals surface area contributed by atoms with Gasteiger partial charge < -0.3 is 9.84 Å². The van der Waals surface area contributed by atoms with E-state index in [-0.39, 0.29) is 6.10 Å². The molecule has 0 saturated heterocycles. The van der Waals surface area contributed by atoms with E-state index in [2.05, 4.69) is 6.92 Å². The molecule has 90 valence electrons. The van der Waals surface area contributed by atoms with Crippen LogP contribution in [0.15, 0.2) is 0 Å². The Labute approximate surface area is 94.0 Å². The highest BCUT2D eigenvalue weighted by Crippen LogP contribution is 2.39. The Kier molecular flexibility index (Phi) is 4.60. The largest absolute Gasteiger partial charge is 0.387 e. The van der Waals surface area contributed by atoms with Crippen LogP contribution in [0.3, 0.4) is 0 Å². The summed E-state index contributed by atoms with van der Waals surface area (Å²) in [7, 11) is 1.68. The molecule has 4 unspecified atom stereocenters. The molecule has 2 heteroatoms. The Morgan fingerprint density at radius 3 is 2.67 bits per heavy atom. The van der Waals surface area contributed by atoms with Crippen LogP contribution in [0.25, 0.3) is 0 Å². The van der Waals surface area contributed by atoms with E-state index in [4.69, 9.17) is 4.74 Å². The smallest absolute Gasteiger partial charge is 0.0905 e. The van der Waals surface area contributed by atoms with Gasteiger partial charge in [-0.15, -0.1) is 0 Å². The van der Waals surface area contributed by atoms with Crippen molar-refractivity contribution in [3.05, 3.63) is 0 Å². The number of hydrogen-bond acceptors (Lipinski definition) is 2. The molecule has 0 aromatic rings. The fourth-order valence-electron chi connectivity index (χ4n) is 2.76. The fourth-order valence-corrected chi connectivity index (χ4v) is 2.76. The molecule has 0 aromatic carbocycles. The molecule has 0 heterocycles. The number of aliphatic hydroxyl groups is 1. The maximum absolute atomic E-state index is 10.5. The Hall–Kier alpha value is -0.0800. The van der Waals surface area contributed by atoms with Crippen LogP contribution in [-0.2, 0) is 4.74 Å². The van der Waals surface area contributed by atoms with Crippen LogP contribution < -0.4 is 0 Å². The van der Waals surface area contributed by atoms with E-state index in [1.165, 1.54) is 19.3 Å². The summed E-state index contributed by atoms with van der Waals surface area (Å²) in [5.41, 5.74) is -0.664. The zero-order chi connectivity index (χ0) is 11.5. The van der Waals surface area contributed by atoms with E-state index in [0.717, 1.165) is 18.8 Å². The zero-order valence-electron chi connectivity index (χ0n) is 10.6. The minimum atomic E-state index is -0.664. The van der Waals surface area contributed by atoms with Crippen molar-refractivity contribution in [2.45, 2.75) is 64.6 Å². The normalized spacial score (nSPS) is 33.4. The highest BCUT2D eigenvalue weighted by molar-refractivity contribution is 4.90.